The van der Waals surface area contributed by atoms with Crippen LogP contribution in [0.15, 0.2) is 23.1 Å². The van der Waals surface area contributed by atoms with E-state index in [2.05, 4.69) is 4.72 Å². The van der Waals surface area contributed by atoms with Gasteiger partial charge < -0.3 is 16.4 Å². The summed E-state index contributed by atoms with van der Waals surface area (Å²) in [6.07, 6.45) is 0. The van der Waals surface area contributed by atoms with E-state index in [0.717, 1.165) is 6.54 Å². The highest BCUT2D eigenvalue weighted by molar-refractivity contribution is 7.89. The van der Waals surface area contributed by atoms with Crippen LogP contribution in [-0.4, -0.2) is 45.9 Å². The zero-order valence-electron chi connectivity index (χ0n) is 11.6. The summed E-state index contributed by atoms with van der Waals surface area (Å²) < 4.78 is 26.6. The molecule has 0 aliphatic heterocycles. The van der Waals surface area contributed by atoms with Gasteiger partial charge in [-0.3, -0.25) is 4.79 Å². The molecule has 0 aliphatic rings. The molecule has 8 heteroatoms. The van der Waals surface area contributed by atoms with Gasteiger partial charge in [-0.2, -0.15) is 0 Å². The lowest BCUT2D eigenvalue weighted by Crippen LogP contribution is -2.33. The molecule has 5 N–H and O–H groups in total. The van der Waals surface area contributed by atoms with E-state index in [4.69, 9.17) is 11.5 Å². The molecule has 0 aromatic heterocycles. The summed E-state index contributed by atoms with van der Waals surface area (Å²) in [5, 5.41) is 0. The number of nitrogen functional groups attached to an aromatic ring is 1. The first-order chi connectivity index (χ1) is 9.27. The predicted octanol–water partition coefficient (Wildman–Crippen LogP) is -0.402. The summed E-state index contributed by atoms with van der Waals surface area (Å²) in [4.78, 5) is 12.9. The molecule has 0 unspecified atom stereocenters. The Labute approximate surface area is 119 Å². The van der Waals surface area contributed by atoms with E-state index in [1.807, 2.05) is 18.9 Å². The lowest BCUT2D eigenvalue weighted by Gasteiger charge is -2.15. The minimum Gasteiger partial charge on any atom is -0.398 e. The van der Waals surface area contributed by atoms with E-state index in [1.165, 1.54) is 18.2 Å². The van der Waals surface area contributed by atoms with Crippen LogP contribution in [0.1, 0.15) is 17.3 Å². The number of carbonyl (C=O) groups excluding carboxylic acids is 1. The molecular weight excluding hydrogens is 280 g/mol. The second kappa shape index (κ2) is 6.69. The first-order valence-electron chi connectivity index (χ1n) is 6.15. The highest BCUT2D eigenvalue weighted by atomic mass is 32.2. The molecule has 20 heavy (non-hydrogen) atoms. The third-order valence-electron chi connectivity index (χ3n) is 2.91. The Balaban J connectivity index is 2.85. The van der Waals surface area contributed by atoms with Crippen LogP contribution in [0.3, 0.4) is 0 Å². The number of amides is 1. The number of primary amides is 1. The smallest absolute Gasteiger partial charge is 0.248 e. The van der Waals surface area contributed by atoms with Crippen molar-refractivity contribution in [3.63, 3.8) is 0 Å². The molecule has 0 bridgehead atoms. The standard InChI is InChI=1S/C12H20N4O3S/c1-3-16(2)7-6-15-20(18,19)11-5-4-9(12(14)17)8-10(11)13/h4-5,8,15H,3,6-7,13H2,1-2H3,(H2,14,17). The second-order valence-electron chi connectivity index (χ2n) is 4.41. The van der Waals surface area contributed by atoms with E-state index in [-0.39, 0.29) is 22.7 Å². The van der Waals surface area contributed by atoms with Crippen molar-refractivity contribution in [2.45, 2.75) is 11.8 Å². The number of nitrogens with zero attached hydrogens (tertiary/aromatic N) is 1. The van der Waals surface area contributed by atoms with E-state index in [1.54, 1.807) is 0 Å². The molecule has 0 saturated heterocycles. The minimum atomic E-state index is -3.69. The fraction of sp³-hybridized carbons (Fsp3) is 0.417. The summed E-state index contributed by atoms with van der Waals surface area (Å²) in [6.45, 7) is 3.69. The highest BCUT2D eigenvalue weighted by Crippen LogP contribution is 2.19. The number of sulfonamides is 1. The van der Waals surface area contributed by atoms with E-state index in [0.29, 0.717) is 6.54 Å². The van der Waals surface area contributed by atoms with E-state index < -0.39 is 15.9 Å². The Kier molecular flexibility index (Phi) is 5.49. The van der Waals surface area contributed by atoms with Crippen molar-refractivity contribution in [1.82, 2.24) is 9.62 Å². The summed E-state index contributed by atoms with van der Waals surface area (Å²) in [7, 11) is -1.80. The Hall–Kier alpha value is -1.64. The van der Waals surface area contributed by atoms with Gasteiger partial charge in [0.1, 0.15) is 4.90 Å². The SMILES string of the molecule is CCN(C)CCNS(=O)(=O)c1ccc(C(N)=O)cc1N. The van der Waals surface area contributed by atoms with Crippen LogP contribution in [0.4, 0.5) is 5.69 Å². The topological polar surface area (TPSA) is 119 Å². The number of anilines is 1. The van der Waals surface area contributed by atoms with Gasteiger partial charge >= 0.3 is 0 Å². The first-order valence-corrected chi connectivity index (χ1v) is 7.63. The number of hydrogen-bond acceptors (Lipinski definition) is 5. The maximum atomic E-state index is 12.1. The summed E-state index contributed by atoms with van der Waals surface area (Å²) >= 11 is 0. The Morgan fingerprint density at radius 2 is 2.05 bits per heavy atom. The summed E-state index contributed by atoms with van der Waals surface area (Å²) in [5.74, 6) is -0.654. The van der Waals surface area contributed by atoms with Gasteiger partial charge in [-0.15, -0.1) is 0 Å². The van der Waals surface area contributed by atoms with Gasteiger partial charge in [-0.25, -0.2) is 13.1 Å². The molecule has 0 heterocycles. The Morgan fingerprint density at radius 3 is 2.55 bits per heavy atom. The predicted molar refractivity (Wildman–Crippen MR) is 77.7 cm³/mol. The number of carbonyl (C=O) groups is 1. The molecule has 1 aromatic rings. The maximum absolute atomic E-state index is 12.1. The van der Waals surface area contributed by atoms with Crippen LogP contribution in [-0.2, 0) is 10.0 Å². The van der Waals surface area contributed by atoms with E-state index >= 15 is 0 Å². The first kappa shape index (κ1) is 16.4. The Morgan fingerprint density at radius 1 is 1.40 bits per heavy atom. The van der Waals surface area contributed by atoms with Gasteiger partial charge in [0, 0.05) is 18.7 Å². The number of benzene rings is 1. The molecule has 0 aliphatic carbocycles. The molecule has 0 atom stereocenters. The van der Waals surface area contributed by atoms with Crippen molar-refractivity contribution < 1.29 is 13.2 Å². The molecular formula is C12H20N4O3S. The van der Waals surface area contributed by atoms with Crippen molar-refractivity contribution >= 4 is 21.6 Å². The van der Waals surface area contributed by atoms with E-state index in [9.17, 15) is 13.2 Å². The van der Waals surface area contributed by atoms with Gasteiger partial charge in [-0.1, -0.05) is 6.92 Å². The lowest BCUT2D eigenvalue weighted by atomic mass is 10.2. The largest absolute Gasteiger partial charge is 0.398 e. The average Bonchev–Trinajstić information content (AvgIpc) is 2.37. The van der Waals surface area contributed by atoms with Crippen molar-refractivity contribution in [3.8, 4) is 0 Å². The molecule has 0 saturated carbocycles. The van der Waals surface area contributed by atoms with Crippen molar-refractivity contribution in [2.24, 2.45) is 5.73 Å². The summed E-state index contributed by atoms with van der Waals surface area (Å²) in [6, 6.07) is 3.88. The number of nitrogens with two attached hydrogens (primary N) is 2. The molecule has 0 radical (unpaired) electrons. The van der Waals surface area contributed by atoms with Crippen molar-refractivity contribution in [2.75, 3.05) is 32.4 Å². The maximum Gasteiger partial charge on any atom is 0.248 e. The normalized spacial score (nSPS) is 11.8. The number of rotatable bonds is 7. The molecule has 7 nitrogen and oxygen atoms in total. The fourth-order valence-corrected chi connectivity index (χ4v) is 2.69. The fourth-order valence-electron chi connectivity index (χ4n) is 1.55. The van der Waals surface area contributed by atoms with Crippen LogP contribution in [0.2, 0.25) is 0 Å². The number of likely N-dealkylation sites (N-methyl/N-ethyl adjacent to an activating group) is 1. The van der Waals surface area contributed by atoms with Crippen LogP contribution in [0, 0.1) is 0 Å². The second-order valence-corrected chi connectivity index (χ2v) is 6.15. The van der Waals surface area contributed by atoms with Gasteiger partial charge in [0.2, 0.25) is 15.9 Å². The molecule has 1 amide bonds. The Bertz CT molecular complexity index is 586. The average molecular weight is 300 g/mol. The number of hydrogen-bond donors (Lipinski definition) is 3. The van der Waals surface area contributed by atoms with Gasteiger partial charge in [0.05, 0.1) is 5.69 Å². The molecule has 0 fully saturated rings. The highest BCUT2D eigenvalue weighted by Gasteiger charge is 2.18. The molecule has 1 rings (SSSR count). The zero-order chi connectivity index (χ0) is 15.3. The van der Waals surface area contributed by atoms with Gasteiger partial charge in [0.25, 0.3) is 0 Å². The van der Waals surface area contributed by atoms with Gasteiger partial charge in [0.15, 0.2) is 0 Å². The minimum absolute atomic E-state index is 0.00218. The quantitative estimate of drug-likeness (QED) is 0.592. The van der Waals surface area contributed by atoms with Crippen LogP contribution in [0.25, 0.3) is 0 Å². The lowest BCUT2D eigenvalue weighted by molar-refractivity contribution is 0.1000. The third kappa shape index (κ3) is 4.19. The molecule has 112 valence electrons. The van der Waals surface area contributed by atoms with Crippen molar-refractivity contribution in [3.05, 3.63) is 23.8 Å². The van der Waals surface area contributed by atoms with Gasteiger partial charge in [-0.05, 0) is 31.8 Å². The van der Waals surface area contributed by atoms with Crippen LogP contribution >= 0.6 is 0 Å². The number of nitrogens with one attached hydrogen (secondary N) is 1. The molecule has 0 spiro atoms. The van der Waals surface area contributed by atoms with Crippen LogP contribution in [0.5, 0.6) is 0 Å². The summed E-state index contributed by atoms with van der Waals surface area (Å²) in [5.41, 5.74) is 10.9. The molecule has 1 aromatic carbocycles. The van der Waals surface area contributed by atoms with Crippen molar-refractivity contribution in [1.29, 1.82) is 0 Å². The monoisotopic (exact) mass is 300 g/mol. The van der Waals surface area contributed by atoms with Crippen LogP contribution < -0.4 is 16.2 Å². The third-order valence-corrected chi connectivity index (χ3v) is 4.44. The zero-order valence-corrected chi connectivity index (χ0v) is 12.4.